The van der Waals surface area contributed by atoms with Gasteiger partial charge in [-0.05, 0) is 43.2 Å². The van der Waals surface area contributed by atoms with E-state index in [0.717, 1.165) is 19.6 Å². The largest absolute Gasteiger partial charge is 0.507 e. The van der Waals surface area contributed by atoms with Crippen molar-refractivity contribution >= 4 is 17.4 Å². The molecule has 0 bridgehead atoms. The van der Waals surface area contributed by atoms with E-state index in [9.17, 15) is 19.8 Å². The summed E-state index contributed by atoms with van der Waals surface area (Å²) >= 11 is 0. The molecule has 180 valence electrons. The molecule has 9 nitrogen and oxygen atoms in total. The summed E-state index contributed by atoms with van der Waals surface area (Å²) in [6.45, 7) is 6.28. The van der Waals surface area contributed by atoms with Crippen LogP contribution in [0, 0.1) is 0 Å². The predicted molar refractivity (Wildman–Crippen MR) is 124 cm³/mol. The van der Waals surface area contributed by atoms with Crippen LogP contribution in [0.4, 0.5) is 0 Å². The lowest BCUT2D eigenvalue weighted by molar-refractivity contribution is -0.140. The predicted octanol–water partition coefficient (Wildman–Crippen LogP) is 2.33. The highest BCUT2D eigenvalue weighted by Gasteiger charge is 2.46. The molecule has 34 heavy (non-hydrogen) atoms. The summed E-state index contributed by atoms with van der Waals surface area (Å²) in [6.07, 6.45) is 3.68. The number of morpholine rings is 1. The van der Waals surface area contributed by atoms with Crippen molar-refractivity contribution in [2.24, 2.45) is 0 Å². The Morgan fingerprint density at radius 3 is 2.59 bits per heavy atom. The Morgan fingerprint density at radius 2 is 1.88 bits per heavy atom. The van der Waals surface area contributed by atoms with Gasteiger partial charge >= 0.3 is 0 Å². The molecule has 1 aromatic carbocycles. The van der Waals surface area contributed by atoms with Crippen LogP contribution in [0.1, 0.15) is 30.5 Å². The van der Waals surface area contributed by atoms with Crippen molar-refractivity contribution in [3.05, 3.63) is 59.4 Å². The monoisotopic (exact) mass is 467 g/mol. The number of hydrogen-bond acceptors (Lipinski definition) is 8. The Morgan fingerprint density at radius 1 is 1.15 bits per heavy atom. The zero-order valence-corrected chi connectivity index (χ0v) is 19.1. The third-order valence-electron chi connectivity index (χ3n) is 6.07. The molecule has 0 radical (unpaired) electrons. The second kappa shape index (κ2) is 10.7. The summed E-state index contributed by atoms with van der Waals surface area (Å²) < 4.78 is 10.9. The zero-order valence-electron chi connectivity index (χ0n) is 19.1. The number of aliphatic hydroxyl groups excluding tert-OH is 1. The van der Waals surface area contributed by atoms with Crippen molar-refractivity contribution in [2.45, 2.75) is 19.4 Å². The SMILES string of the molecule is CCOc1cc(C2C(=C(O)c3ccncc3)C(=O)C(=O)N2CCCN2CCOCC2)ccc1O. The first-order valence-electron chi connectivity index (χ1n) is 11.5. The van der Waals surface area contributed by atoms with Crippen molar-refractivity contribution in [3.63, 3.8) is 0 Å². The number of aromatic hydroxyl groups is 1. The third-order valence-corrected chi connectivity index (χ3v) is 6.07. The van der Waals surface area contributed by atoms with Gasteiger partial charge in [0.2, 0.25) is 0 Å². The molecule has 2 aliphatic rings. The summed E-state index contributed by atoms with van der Waals surface area (Å²) in [6, 6.07) is 7.09. The minimum Gasteiger partial charge on any atom is -0.507 e. The van der Waals surface area contributed by atoms with Crippen molar-refractivity contribution < 1.29 is 29.3 Å². The van der Waals surface area contributed by atoms with E-state index in [0.29, 0.717) is 43.9 Å². The minimum absolute atomic E-state index is 0.00992. The molecular formula is C25H29N3O6. The molecule has 2 N–H and O–H groups in total. The van der Waals surface area contributed by atoms with E-state index in [1.807, 2.05) is 0 Å². The Balaban J connectivity index is 1.70. The van der Waals surface area contributed by atoms with Crippen molar-refractivity contribution in [3.8, 4) is 11.5 Å². The number of amides is 1. The number of pyridine rings is 1. The number of ketones is 1. The topological polar surface area (TPSA) is 112 Å². The van der Waals surface area contributed by atoms with Gasteiger partial charge in [-0.2, -0.15) is 0 Å². The second-order valence-corrected chi connectivity index (χ2v) is 8.20. The molecule has 4 rings (SSSR count). The van der Waals surface area contributed by atoms with E-state index >= 15 is 0 Å². The number of benzene rings is 1. The molecule has 1 atom stereocenters. The van der Waals surface area contributed by atoms with Gasteiger partial charge in [0.25, 0.3) is 11.7 Å². The second-order valence-electron chi connectivity index (χ2n) is 8.20. The highest BCUT2D eigenvalue weighted by Crippen LogP contribution is 2.41. The van der Waals surface area contributed by atoms with Gasteiger partial charge in [0.05, 0.1) is 31.4 Å². The Bertz CT molecular complexity index is 1070. The number of aromatic nitrogens is 1. The van der Waals surface area contributed by atoms with Crippen LogP contribution in [-0.2, 0) is 14.3 Å². The first kappa shape index (κ1) is 23.7. The summed E-state index contributed by atoms with van der Waals surface area (Å²) in [5.41, 5.74) is 0.980. The van der Waals surface area contributed by atoms with E-state index in [2.05, 4.69) is 9.88 Å². The van der Waals surface area contributed by atoms with E-state index in [-0.39, 0.29) is 22.8 Å². The highest BCUT2D eigenvalue weighted by atomic mass is 16.5. The number of carbonyl (C=O) groups excluding carboxylic acids is 2. The first-order chi connectivity index (χ1) is 16.5. The zero-order chi connectivity index (χ0) is 24.1. The number of carbonyl (C=O) groups is 2. The van der Waals surface area contributed by atoms with Gasteiger partial charge in [0.15, 0.2) is 11.5 Å². The number of ether oxygens (including phenoxy) is 2. The van der Waals surface area contributed by atoms with Gasteiger partial charge in [-0.1, -0.05) is 6.07 Å². The lowest BCUT2D eigenvalue weighted by atomic mass is 9.95. The van der Waals surface area contributed by atoms with Crippen molar-refractivity contribution in [2.75, 3.05) is 46.0 Å². The van der Waals surface area contributed by atoms with Gasteiger partial charge in [-0.15, -0.1) is 0 Å². The summed E-state index contributed by atoms with van der Waals surface area (Å²) in [5, 5.41) is 21.2. The smallest absolute Gasteiger partial charge is 0.295 e. The molecule has 0 saturated carbocycles. The quantitative estimate of drug-likeness (QED) is 0.346. The fraction of sp³-hybridized carbons (Fsp3) is 0.400. The molecule has 2 aliphatic heterocycles. The van der Waals surface area contributed by atoms with Crippen LogP contribution in [0.25, 0.3) is 5.76 Å². The maximum absolute atomic E-state index is 13.1. The minimum atomic E-state index is -0.808. The number of likely N-dealkylation sites (tertiary alicyclic amines) is 1. The number of rotatable bonds is 8. The number of nitrogens with zero attached hydrogens (tertiary/aromatic N) is 3. The lowest BCUT2D eigenvalue weighted by Gasteiger charge is -2.29. The maximum Gasteiger partial charge on any atom is 0.295 e. The molecule has 2 aromatic rings. The molecule has 0 spiro atoms. The van der Waals surface area contributed by atoms with E-state index < -0.39 is 17.7 Å². The Labute approximate surface area is 198 Å². The van der Waals surface area contributed by atoms with Crippen molar-refractivity contribution in [1.29, 1.82) is 0 Å². The fourth-order valence-corrected chi connectivity index (χ4v) is 4.38. The summed E-state index contributed by atoms with van der Waals surface area (Å²) in [5.74, 6) is -1.44. The number of hydrogen-bond donors (Lipinski definition) is 2. The normalized spacial score (nSPS) is 20.6. The molecule has 2 fully saturated rings. The van der Waals surface area contributed by atoms with Crippen LogP contribution in [0.2, 0.25) is 0 Å². The van der Waals surface area contributed by atoms with E-state index in [1.165, 1.54) is 23.4 Å². The molecule has 0 aliphatic carbocycles. The van der Waals surface area contributed by atoms with Crippen LogP contribution in [0.3, 0.4) is 0 Å². The van der Waals surface area contributed by atoms with Gasteiger partial charge in [-0.25, -0.2) is 0 Å². The van der Waals surface area contributed by atoms with Crippen LogP contribution in [-0.4, -0.2) is 82.7 Å². The van der Waals surface area contributed by atoms with Gasteiger partial charge in [0, 0.05) is 44.1 Å². The summed E-state index contributed by atoms with van der Waals surface area (Å²) in [7, 11) is 0. The third kappa shape index (κ3) is 4.90. The van der Waals surface area contributed by atoms with Crippen LogP contribution < -0.4 is 4.74 Å². The van der Waals surface area contributed by atoms with E-state index in [1.54, 1.807) is 31.2 Å². The average molecular weight is 468 g/mol. The molecule has 1 unspecified atom stereocenters. The van der Waals surface area contributed by atoms with E-state index in [4.69, 9.17) is 9.47 Å². The lowest BCUT2D eigenvalue weighted by Crippen LogP contribution is -2.38. The van der Waals surface area contributed by atoms with Crippen molar-refractivity contribution in [1.82, 2.24) is 14.8 Å². The number of Topliss-reactive ketones (excluding diaryl/α,β-unsaturated/α-hetero) is 1. The first-order valence-corrected chi connectivity index (χ1v) is 11.5. The van der Waals surface area contributed by atoms with Crippen LogP contribution in [0.5, 0.6) is 11.5 Å². The molecule has 1 aromatic heterocycles. The Kier molecular flexibility index (Phi) is 7.44. The van der Waals surface area contributed by atoms with Gasteiger partial charge < -0.3 is 24.6 Å². The number of phenols is 1. The molecule has 9 heteroatoms. The summed E-state index contributed by atoms with van der Waals surface area (Å²) in [4.78, 5) is 33.9. The standard InChI is InChI=1S/C25H29N3O6/c1-2-34-20-16-18(4-5-19(20)29)22-21(23(30)17-6-8-26-9-7-17)24(31)25(32)28(22)11-3-10-27-12-14-33-15-13-27/h4-9,16,22,29-30H,2-3,10-15H2,1H3. The molecule has 1 amide bonds. The van der Waals surface area contributed by atoms with Crippen LogP contribution in [0.15, 0.2) is 48.3 Å². The molecule has 3 heterocycles. The maximum atomic E-state index is 13.1. The van der Waals surface area contributed by atoms with Gasteiger partial charge in [0.1, 0.15) is 5.76 Å². The number of aliphatic hydroxyl groups is 1. The average Bonchev–Trinajstić information content (AvgIpc) is 3.11. The fourth-order valence-electron chi connectivity index (χ4n) is 4.38. The number of phenolic OH excluding ortho intramolecular Hbond substituents is 1. The molecule has 2 saturated heterocycles. The van der Waals surface area contributed by atoms with Crippen LogP contribution >= 0.6 is 0 Å². The highest BCUT2D eigenvalue weighted by molar-refractivity contribution is 6.46. The van der Waals surface area contributed by atoms with Gasteiger partial charge in [-0.3, -0.25) is 19.5 Å². The molecular weight excluding hydrogens is 438 g/mol. The Hall–Kier alpha value is -3.43.